The van der Waals surface area contributed by atoms with Crippen LogP contribution in [0.15, 0.2) is 53.1 Å². The van der Waals surface area contributed by atoms with E-state index in [-0.39, 0.29) is 11.5 Å². The summed E-state index contributed by atoms with van der Waals surface area (Å²) in [6, 6.07) is 15.9. The number of nitrogens with one attached hydrogen (secondary N) is 1. The zero-order valence-electron chi connectivity index (χ0n) is 22.4. The predicted molar refractivity (Wildman–Crippen MR) is 149 cm³/mol. The molecule has 3 atom stereocenters. The van der Waals surface area contributed by atoms with Crippen LogP contribution in [0.1, 0.15) is 42.9 Å². The van der Waals surface area contributed by atoms with E-state index in [1.807, 2.05) is 12.3 Å². The molecule has 0 saturated carbocycles. The third-order valence-corrected chi connectivity index (χ3v) is 9.25. The van der Waals surface area contributed by atoms with Crippen LogP contribution < -0.4 is 10.2 Å². The van der Waals surface area contributed by atoms with Crippen LogP contribution in [-0.2, 0) is 5.41 Å². The van der Waals surface area contributed by atoms with E-state index in [0.717, 1.165) is 69.9 Å². The number of fused-ring (bicyclic) bond motifs is 2. The van der Waals surface area contributed by atoms with Crippen molar-refractivity contribution in [2.45, 2.75) is 51.6 Å². The van der Waals surface area contributed by atoms with Gasteiger partial charge in [0.05, 0.1) is 12.3 Å². The Morgan fingerprint density at radius 1 is 1.11 bits per heavy atom. The lowest BCUT2D eigenvalue weighted by Crippen LogP contribution is -2.52. The number of aryl methyl sites for hydroxylation is 2. The van der Waals surface area contributed by atoms with Gasteiger partial charge in [0.25, 0.3) is 6.01 Å². The molecule has 37 heavy (non-hydrogen) atoms. The predicted octanol–water partition coefficient (Wildman–Crippen LogP) is 5.24. The highest BCUT2D eigenvalue weighted by Crippen LogP contribution is 2.47. The van der Waals surface area contributed by atoms with E-state index in [0.29, 0.717) is 17.9 Å². The minimum absolute atomic E-state index is 0.225. The fourth-order valence-electron chi connectivity index (χ4n) is 6.90. The molecule has 3 aromatic rings. The zero-order valence-corrected chi connectivity index (χ0v) is 22.4. The molecule has 2 aromatic carbocycles. The maximum atomic E-state index is 11.2. The average Bonchev–Trinajstić information content (AvgIpc) is 3.53. The molecule has 0 bridgehead atoms. The Morgan fingerprint density at radius 3 is 2.70 bits per heavy atom. The smallest absolute Gasteiger partial charge is 0.297 e. The van der Waals surface area contributed by atoms with Gasteiger partial charge in [-0.05, 0) is 74.8 Å². The number of aliphatic hydroxyl groups excluding tert-OH is 1. The van der Waals surface area contributed by atoms with Crippen LogP contribution in [0.3, 0.4) is 0 Å². The van der Waals surface area contributed by atoms with Crippen molar-refractivity contribution < 1.29 is 9.52 Å². The molecule has 1 spiro atoms. The summed E-state index contributed by atoms with van der Waals surface area (Å²) in [6.45, 7) is 12.3. The number of benzene rings is 2. The molecule has 6 nitrogen and oxygen atoms in total. The van der Waals surface area contributed by atoms with Crippen LogP contribution in [0.2, 0.25) is 0 Å². The average molecular weight is 501 g/mol. The quantitative estimate of drug-likeness (QED) is 0.500. The van der Waals surface area contributed by atoms with Crippen molar-refractivity contribution in [1.29, 1.82) is 0 Å². The van der Waals surface area contributed by atoms with E-state index in [1.165, 1.54) is 22.4 Å². The van der Waals surface area contributed by atoms with Gasteiger partial charge in [0.1, 0.15) is 0 Å². The molecule has 196 valence electrons. The van der Waals surface area contributed by atoms with Crippen LogP contribution in [0.5, 0.6) is 0 Å². The summed E-state index contributed by atoms with van der Waals surface area (Å²) in [5, 5.41) is 14.9. The lowest BCUT2D eigenvalue weighted by atomic mass is 9.67. The first-order valence-corrected chi connectivity index (χ1v) is 13.9. The second-order valence-corrected chi connectivity index (χ2v) is 11.7. The SMILES string of the molecule is Cc1cccc(-c2cnc(N3CCC(C(O)CN4CC[C@@]5(CNc6cc(C)ccc65)[C@H](C)C4)CC3)o2)c1. The molecule has 3 aliphatic heterocycles. The van der Waals surface area contributed by atoms with Gasteiger partial charge < -0.3 is 24.6 Å². The second-order valence-electron chi connectivity index (χ2n) is 11.7. The molecular formula is C31H40N4O2. The molecular weight excluding hydrogens is 460 g/mol. The van der Waals surface area contributed by atoms with E-state index in [1.54, 1.807) is 0 Å². The Bertz CT molecular complexity index is 1250. The minimum Gasteiger partial charge on any atom is -0.423 e. The molecule has 6 heteroatoms. The van der Waals surface area contributed by atoms with Crippen molar-refractivity contribution in [2.75, 3.05) is 49.5 Å². The lowest BCUT2D eigenvalue weighted by molar-refractivity contribution is 0.0242. The van der Waals surface area contributed by atoms with Gasteiger partial charge in [-0.15, -0.1) is 0 Å². The fourth-order valence-corrected chi connectivity index (χ4v) is 6.90. The summed E-state index contributed by atoms with van der Waals surface area (Å²) in [5.74, 6) is 1.69. The van der Waals surface area contributed by atoms with Crippen LogP contribution in [-0.4, -0.2) is 60.4 Å². The van der Waals surface area contributed by atoms with Crippen molar-refractivity contribution in [3.05, 3.63) is 65.4 Å². The molecule has 2 fully saturated rings. The molecule has 3 aliphatic rings. The molecule has 2 N–H and O–H groups in total. The maximum absolute atomic E-state index is 11.2. The topological polar surface area (TPSA) is 64.8 Å². The van der Waals surface area contributed by atoms with Crippen LogP contribution in [0, 0.1) is 25.7 Å². The summed E-state index contributed by atoms with van der Waals surface area (Å²) < 4.78 is 6.11. The van der Waals surface area contributed by atoms with Crippen molar-refractivity contribution >= 4 is 11.7 Å². The number of rotatable bonds is 5. The standard InChI is InChI=1S/C31H40N4O2/c1-21-5-4-6-25(15-21)29-17-32-30(37-29)35-12-9-24(10-13-35)28(36)19-34-14-11-31(23(3)18-34)20-33-27-16-22(2)7-8-26(27)31/h4-8,15-17,23-24,28,33,36H,9-14,18-20H2,1-3H3/t23-,28?,31-/m1/s1. The first-order valence-electron chi connectivity index (χ1n) is 13.9. The normalized spacial score (nSPS) is 25.3. The van der Waals surface area contributed by atoms with Crippen molar-refractivity contribution in [3.8, 4) is 11.3 Å². The minimum atomic E-state index is -0.285. The Hall–Kier alpha value is -2.83. The monoisotopic (exact) mass is 500 g/mol. The molecule has 4 heterocycles. The summed E-state index contributed by atoms with van der Waals surface area (Å²) in [7, 11) is 0. The van der Waals surface area contributed by atoms with Gasteiger partial charge in [0, 0.05) is 49.4 Å². The highest BCUT2D eigenvalue weighted by atomic mass is 16.4. The first kappa shape index (κ1) is 24.5. The number of nitrogens with zero attached hydrogens (tertiary/aromatic N) is 3. The molecule has 0 radical (unpaired) electrons. The molecule has 0 amide bonds. The number of likely N-dealkylation sites (tertiary alicyclic amines) is 1. The number of aliphatic hydroxyl groups is 1. The van der Waals surface area contributed by atoms with Crippen LogP contribution in [0.25, 0.3) is 11.3 Å². The Kier molecular flexibility index (Phi) is 6.49. The Labute approximate surface area is 220 Å². The number of piperidine rings is 2. The van der Waals surface area contributed by atoms with Crippen molar-refractivity contribution in [2.24, 2.45) is 11.8 Å². The highest BCUT2D eigenvalue weighted by molar-refractivity contribution is 5.62. The van der Waals surface area contributed by atoms with E-state index in [2.05, 4.69) is 77.3 Å². The molecule has 6 rings (SSSR count). The number of anilines is 2. The fraction of sp³-hybridized carbons (Fsp3) is 0.516. The van der Waals surface area contributed by atoms with Crippen LogP contribution in [0.4, 0.5) is 11.7 Å². The number of aromatic nitrogens is 1. The zero-order chi connectivity index (χ0) is 25.6. The van der Waals surface area contributed by atoms with Gasteiger partial charge in [0.15, 0.2) is 5.76 Å². The van der Waals surface area contributed by atoms with Gasteiger partial charge in [-0.1, -0.05) is 42.8 Å². The Morgan fingerprint density at radius 2 is 1.92 bits per heavy atom. The number of hydrogen-bond donors (Lipinski definition) is 2. The first-order chi connectivity index (χ1) is 17.9. The summed E-state index contributed by atoms with van der Waals surface area (Å²) >= 11 is 0. The van der Waals surface area contributed by atoms with Gasteiger partial charge in [-0.2, -0.15) is 0 Å². The molecule has 1 unspecified atom stereocenters. The Balaban J connectivity index is 1.02. The second kappa shape index (κ2) is 9.80. The van der Waals surface area contributed by atoms with Crippen molar-refractivity contribution in [1.82, 2.24) is 9.88 Å². The molecule has 2 saturated heterocycles. The van der Waals surface area contributed by atoms with E-state index < -0.39 is 0 Å². The summed E-state index contributed by atoms with van der Waals surface area (Å²) in [6.07, 6.45) is 4.62. The van der Waals surface area contributed by atoms with Crippen LogP contribution >= 0.6 is 0 Å². The van der Waals surface area contributed by atoms with Gasteiger partial charge in [-0.25, -0.2) is 4.98 Å². The summed E-state index contributed by atoms with van der Waals surface area (Å²) in [4.78, 5) is 9.28. The largest absolute Gasteiger partial charge is 0.423 e. The maximum Gasteiger partial charge on any atom is 0.297 e. The van der Waals surface area contributed by atoms with Gasteiger partial charge >= 0.3 is 0 Å². The van der Waals surface area contributed by atoms with Gasteiger partial charge in [0.2, 0.25) is 0 Å². The highest BCUT2D eigenvalue weighted by Gasteiger charge is 2.46. The third-order valence-electron chi connectivity index (χ3n) is 9.25. The number of oxazole rings is 1. The van der Waals surface area contributed by atoms with Gasteiger partial charge in [-0.3, -0.25) is 0 Å². The third kappa shape index (κ3) is 4.66. The summed E-state index contributed by atoms with van der Waals surface area (Å²) in [5.41, 5.74) is 6.64. The van der Waals surface area contributed by atoms with E-state index >= 15 is 0 Å². The molecule has 0 aliphatic carbocycles. The number of hydrogen-bond acceptors (Lipinski definition) is 6. The number of β-amino-alcohol motifs (C(OH)–C–C–N with tert-alkyl or cyclic N) is 1. The lowest BCUT2D eigenvalue weighted by Gasteiger charge is -2.46. The van der Waals surface area contributed by atoms with E-state index in [4.69, 9.17) is 4.42 Å². The van der Waals surface area contributed by atoms with Crippen molar-refractivity contribution in [3.63, 3.8) is 0 Å². The van der Waals surface area contributed by atoms with E-state index in [9.17, 15) is 5.11 Å². The molecule has 1 aromatic heterocycles.